The molecule has 0 aromatic heterocycles. The van der Waals surface area contributed by atoms with Crippen LogP contribution in [0.15, 0.2) is 42.5 Å². The van der Waals surface area contributed by atoms with Crippen molar-refractivity contribution in [3.8, 4) is 0 Å². The molecule has 0 saturated carbocycles. The Bertz CT molecular complexity index is 623. The topological polar surface area (TPSA) is 90.9 Å². The predicted octanol–water partition coefficient (Wildman–Crippen LogP) is 3.12. The molecule has 0 radical (unpaired) electrons. The van der Waals surface area contributed by atoms with Gasteiger partial charge in [-0.25, -0.2) is 4.79 Å². The molecule has 1 heterocycles. The smallest absolute Gasteiger partial charge is 0.327 e. The van der Waals surface area contributed by atoms with Gasteiger partial charge in [0.2, 0.25) is 0 Å². The molecule has 0 amide bonds. The summed E-state index contributed by atoms with van der Waals surface area (Å²) in [5.74, 6) is -1.80. The number of rotatable bonds is 9. The molecule has 0 bridgehead atoms. The van der Waals surface area contributed by atoms with Crippen LogP contribution in [0.5, 0.6) is 0 Å². The molecule has 2 atom stereocenters. The van der Waals surface area contributed by atoms with E-state index in [-0.39, 0.29) is 6.04 Å². The summed E-state index contributed by atoms with van der Waals surface area (Å²) < 4.78 is 27.2. The lowest BCUT2D eigenvalue weighted by molar-refractivity contribution is -0.172. The molecule has 1 saturated heterocycles. The Morgan fingerprint density at radius 1 is 1.33 bits per heavy atom. The van der Waals surface area contributed by atoms with Gasteiger partial charge in [0, 0.05) is 29.4 Å². The first-order chi connectivity index (χ1) is 12.7. The molecule has 0 aliphatic carbocycles. The Labute approximate surface area is 164 Å². The number of nitrogens with one attached hydrogen (secondary N) is 1. The summed E-state index contributed by atoms with van der Waals surface area (Å²) in [6.45, 7) is 6.75. The molecule has 2 rings (SSSR count). The van der Waals surface area contributed by atoms with Gasteiger partial charge < -0.3 is 19.1 Å². The van der Waals surface area contributed by atoms with Gasteiger partial charge in [0.25, 0.3) is 0 Å². The second-order valence-electron chi connectivity index (χ2n) is 7.53. The number of hydrogen-bond acceptors (Lipinski definition) is 5. The van der Waals surface area contributed by atoms with Crippen molar-refractivity contribution in [3.63, 3.8) is 0 Å². The largest absolute Gasteiger partial charge is 0.598 e. The highest BCUT2D eigenvalue weighted by Gasteiger charge is 2.39. The SMILES string of the molecule is CC(C)(C)[S+]([O-])N[C@H](C/C=C/C(=O)O)CCC1(c2ccccc2)OCCO1. The van der Waals surface area contributed by atoms with Crippen LogP contribution in [0.1, 0.15) is 45.6 Å². The van der Waals surface area contributed by atoms with Crippen LogP contribution in [-0.4, -0.2) is 39.6 Å². The highest BCUT2D eigenvalue weighted by molar-refractivity contribution is 7.90. The van der Waals surface area contributed by atoms with E-state index in [9.17, 15) is 9.35 Å². The van der Waals surface area contributed by atoms with Crippen molar-refractivity contribution in [1.29, 1.82) is 0 Å². The van der Waals surface area contributed by atoms with E-state index in [2.05, 4.69) is 4.72 Å². The maximum Gasteiger partial charge on any atom is 0.327 e. The van der Waals surface area contributed by atoms with Gasteiger partial charge in [0.1, 0.15) is 4.75 Å². The van der Waals surface area contributed by atoms with E-state index in [0.29, 0.717) is 32.5 Å². The molecule has 1 aliphatic rings. The molecule has 1 fully saturated rings. The third kappa shape index (κ3) is 6.62. The second-order valence-corrected chi connectivity index (χ2v) is 9.52. The Kier molecular flexibility index (Phi) is 7.88. The predicted molar refractivity (Wildman–Crippen MR) is 105 cm³/mol. The van der Waals surface area contributed by atoms with Crippen molar-refractivity contribution >= 4 is 17.3 Å². The normalized spacial score (nSPS) is 19.3. The second kappa shape index (κ2) is 9.71. The van der Waals surface area contributed by atoms with Gasteiger partial charge in [0.15, 0.2) is 5.79 Å². The first-order valence-electron chi connectivity index (χ1n) is 9.14. The van der Waals surface area contributed by atoms with Crippen LogP contribution in [-0.2, 0) is 31.4 Å². The average molecular weight is 396 g/mol. The number of aliphatic carboxylic acids is 1. The van der Waals surface area contributed by atoms with E-state index < -0.39 is 27.9 Å². The molecule has 6 nitrogen and oxygen atoms in total. The van der Waals surface area contributed by atoms with E-state index in [4.69, 9.17) is 14.6 Å². The molecule has 27 heavy (non-hydrogen) atoms. The Hall–Kier alpha value is -1.38. The van der Waals surface area contributed by atoms with Gasteiger partial charge in [-0.3, -0.25) is 0 Å². The number of carbonyl (C=O) groups is 1. The van der Waals surface area contributed by atoms with Gasteiger partial charge in [0.05, 0.1) is 19.3 Å². The van der Waals surface area contributed by atoms with Crippen LogP contribution >= 0.6 is 0 Å². The fourth-order valence-electron chi connectivity index (χ4n) is 2.85. The summed E-state index contributed by atoms with van der Waals surface area (Å²) in [5, 5.41) is 8.82. The number of benzene rings is 1. The Morgan fingerprint density at radius 2 is 1.96 bits per heavy atom. The van der Waals surface area contributed by atoms with E-state index in [0.717, 1.165) is 11.6 Å². The maximum absolute atomic E-state index is 12.5. The number of carboxylic acids is 1. The zero-order valence-corrected chi connectivity index (χ0v) is 17.0. The third-order valence-electron chi connectivity index (χ3n) is 4.30. The molecule has 2 N–H and O–H groups in total. The summed E-state index contributed by atoms with van der Waals surface area (Å²) in [6, 6.07) is 9.63. The molecule has 1 aromatic carbocycles. The summed E-state index contributed by atoms with van der Waals surface area (Å²) in [7, 11) is 0. The first-order valence-corrected chi connectivity index (χ1v) is 10.3. The summed E-state index contributed by atoms with van der Waals surface area (Å²) in [6.07, 6.45) is 4.37. The highest BCUT2D eigenvalue weighted by Crippen LogP contribution is 2.36. The molecule has 1 unspecified atom stereocenters. The van der Waals surface area contributed by atoms with E-state index >= 15 is 0 Å². The molecular formula is C20H29NO5S. The molecule has 150 valence electrons. The third-order valence-corrected chi connectivity index (χ3v) is 5.96. The van der Waals surface area contributed by atoms with Crippen molar-refractivity contribution in [3.05, 3.63) is 48.0 Å². The lowest BCUT2D eigenvalue weighted by Crippen LogP contribution is -2.45. The quantitative estimate of drug-likeness (QED) is 0.493. The van der Waals surface area contributed by atoms with Crippen LogP contribution in [0, 0.1) is 0 Å². The lowest BCUT2D eigenvalue weighted by atomic mass is 9.97. The number of ether oxygens (including phenoxy) is 2. The first kappa shape index (κ1) is 21.9. The summed E-state index contributed by atoms with van der Waals surface area (Å²) >= 11 is -1.26. The van der Waals surface area contributed by atoms with Crippen molar-refractivity contribution < 1.29 is 23.9 Å². The van der Waals surface area contributed by atoms with Crippen LogP contribution < -0.4 is 4.72 Å². The maximum atomic E-state index is 12.5. The number of carboxylic acid groups (broad SMARTS) is 1. The minimum atomic E-state index is -1.26. The van der Waals surface area contributed by atoms with Crippen LogP contribution in [0.25, 0.3) is 0 Å². The zero-order valence-electron chi connectivity index (χ0n) is 16.1. The van der Waals surface area contributed by atoms with Gasteiger partial charge in [-0.15, -0.1) is 4.72 Å². The zero-order chi connectivity index (χ0) is 19.9. The van der Waals surface area contributed by atoms with Crippen LogP contribution in [0.2, 0.25) is 0 Å². The van der Waals surface area contributed by atoms with Gasteiger partial charge >= 0.3 is 5.97 Å². The van der Waals surface area contributed by atoms with E-state index in [1.165, 1.54) is 0 Å². The lowest BCUT2D eigenvalue weighted by Gasteiger charge is -2.31. The fraction of sp³-hybridized carbons (Fsp3) is 0.550. The fourth-order valence-corrected chi connectivity index (χ4v) is 3.72. The summed E-state index contributed by atoms with van der Waals surface area (Å²) in [4.78, 5) is 10.8. The minimum absolute atomic E-state index is 0.158. The van der Waals surface area contributed by atoms with Crippen molar-refractivity contribution in [2.45, 2.75) is 56.6 Å². The monoisotopic (exact) mass is 395 g/mol. The molecular weight excluding hydrogens is 366 g/mol. The average Bonchev–Trinajstić information content (AvgIpc) is 3.09. The van der Waals surface area contributed by atoms with Gasteiger partial charge in [-0.05, 0) is 33.6 Å². The van der Waals surface area contributed by atoms with Gasteiger partial charge in [-0.2, -0.15) is 0 Å². The van der Waals surface area contributed by atoms with Crippen molar-refractivity contribution in [1.82, 2.24) is 4.72 Å². The Morgan fingerprint density at radius 3 is 2.52 bits per heavy atom. The van der Waals surface area contributed by atoms with E-state index in [1.54, 1.807) is 6.08 Å². The standard InChI is InChI=1S/C20H29NO5S/c1-19(2,3)27(24)21-17(10-7-11-18(22)23)12-13-20(25-14-15-26-20)16-8-5-4-6-9-16/h4-9,11,17,21H,10,12-15H2,1-3H3,(H,22,23)/b11-7+/t17-,27?/m1/s1. The van der Waals surface area contributed by atoms with E-state index in [1.807, 2.05) is 51.1 Å². The molecule has 7 heteroatoms. The number of hydrogen-bond donors (Lipinski definition) is 2. The molecule has 1 aliphatic heterocycles. The minimum Gasteiger partial charge on any atom is -0.598 e. The van der Waals surface area contributed by atoms with Crippen molar-refractivity contribution in [2.75, 3.05) is 13.2 Å². The Balaban J connectivity index is 2.09. The molecule has 0 spiro atoms. The van der Waals surface area contributed by atoms with Crippen molar-refractivity contribution in [2.24, 2.45) is 0 Å². The van der Waals surface area contributed by atoms with Crippen LogP contribution in [0.3, 0.4) is 0 Å². The van der Waals surface area contributed by atoms with Gasteiger partial charge in [-0.1, -0.05) is 36.4 Å². The van der Waals surface area contributed by atoms with Crippen LogP contribution in [0.4, 0.5) is 0 Å². The highest BCUT2D eigenvalue weighted by atomic mass is 32.2. The summed E-state index contributed by atoms with van der Waals surface area (Å²) in [5.41, 5.74) is 0.958. The molecule has 1 aromatic rings.